The van der Waals surface area contributed by atoms with E-state index in [9.17, 15) is 18.3 Å². The number of benzene rings is 2. The predicted octanol–water partition coefficient (Wildman–Crippen LogP) is 2.45. The maximum atomic E-state index is 13.2. The van der Waals surface area contributed by atoms with Gasteiger partial charge in [-0.25, -0.2) is 8.42 Å². The molecule has 188 valence electrons. The van der Waals surface area contributed by atoms with E-state index in [-0.39, 0.29) is 11.8 Å². The number of hydrogen-bond acceptors (Lipinski definition) is 5. The van der Waals surface area contributed by atoms with Gasteiger partial charge in [0.15, 0.2) is 0 Å². The molecule has 0 saturated carbocycles. The van der Waals surface area contributed by atoms with E-state index in [4.69, 9.17) is 0 Å². The first kappa shape index (κ1) is 24.4. The molecule has 2 aliphatic heterocycles. The highest BCUT2D eigenvalue weighted by Gasteiger charge is 2.32. The number of likely N-dealkylation sites (tertiary alicyclic amines) is 1. The number of aryl methyl sites for hydroxylation is 2. The first-order chi connectivity index (χ1) is 16.9. The van der Waals surface area contributed by atoms with Crippen LogP contribution in [-0.4, -0.2) is 79.3 Å². The minimum absolute atomic E-state index is 0.0571. The second kappa shape index (κ2) is 10.4. The van der Waals surface area contributed by atoms with Crippen LogP contribution in [0.2, 0.25) is 0 Å². The van der Waals surface area contributed by atoms with E-state index in [1.54, 1.807) is 11.0 Å². The minimum atomic E-state index is -3.54. The van der Waals surface area contributed by atoms with Crippen molar-refractivity contribution < 1.29 is 18.3 Å². The van der Waals surface area contributed by atoms with Gasteiger partial charge in [-0.05, 0) is 79.9 Å². The SMILES string of the molecule is O=C(CN1CCC(C(O)c2ccccc2)CC1)N1CCN(S(=O)(=O)c2ccc3c(c2)CCC3)CC1. The maximum Gasteiger partial charge on any atom is 0.243 e. The van der Waals surface area contributed by atoms with Gasteiger partial charge in [-0.15, -0.1) is 0 Å². The number of aliphatic hydroxyl groups excluding tert-OH is 1. The van der Waals surface area contributed by atoms with Crippen molar-refractivity contribution in [2.45, 2.75) is 43.1 Å². The monoisotopic (exact) mass is 497 g/mol. The van der Waals surface area contributed by atoms with Crippen molar-refractivity contribution in [1.29, 1.82) is 0 Å². The molecule has 0 spiro atoms. The quantitative estimate of drug-likeness (QED) is 0.663. The van der Waals surface area contributed by atoms with Gasteiger partial charge in [-0.1, -0.05) is 36.4 Å². The Balaban J connectivity index is 1.10. The lowest BCUT2D eigenvalue weighted by molar-refractivity contribution is -0.134. The lowest BCUT2D eigenvalue weighted by Gasteiger charge is -2.37. The largest absolute Gasteiger partial charge is 0.388 e. The van der Waals surface area contributed by atoms with Crippen molar-refractivity contribution in [1.82, 2.24) is 14.1 Å². The van der Waals surface area contributed by atoms with Gasteiger partial charge < -0.3 is 10.0 Å². The fraction of sp³-hybridized carbons (Fsp3) is 0.519. The van der Waals surface area contributed by atoms with Crippen molar-refractivity contribution >= 4 is 15.9 Å². The standard InChI is InChI=1S/C27H35N3O4S/c31-26(20-28-13-11-23(12-14-28)27(32)22-5-2-1-3-6-22)29-15-17-30(18-16-29)35(33,34)25-10-9-21-7-4-8-24(21)19-25/h1-3,5-6,9-10,19,23,27,32H,4,7-8,11-18,20H2. The van der Waals surface area contributed by atoms with E-state index in [1.807, 2.05) is 42.5 Å². The van der Waals surface area contributed by atoms with Crippen molar-refractivity contribution in [2.75, 3.05) is 45.8 Å². The Morgan fingerprint density at radius 1 is 0.914 bits per heavy atom. The molecule has 1 N–H and O–H groups in total. The van der Waals surface area contributed by atoms with Crippen LogP contribution in [-0.2, 0) is 27.7 Å². The smallest absolute Gasteiger partial charge is 0.243 e. The number of rotatable bonds is 6. The lowest BCUT2D eigenvalue weighted by atomic mass is 9.87. The summed E-state index contributed by atoms with van der Waals surface area (Å²) >= 11 is 0. The van der Waals surface area contributed by atoms with Crippen LogP contribution in [0.4, 0.5) is 0 Å². The Morgan fingerprint density at radius 3 is 2.31 bits per heavy atom. The first-order valence-corrected chi connectivity index (χ1v) is 14.2. The summed E-state index contributed by atoms with van der Waals surface area (Å²) in [5, 5.41) is 10.7. The minimum Gasteiger partial charge on any atom is -0.388 e. The van der Waals surface area contributed by atoms with Crippen molar-refractivity contribution in [2.24, 2.45) is 5.92 Å². The summed E-state index contributed by atoms with van der Waals surface area (Å²) in [7, 11) is -3.54. The highest BCUT2D eigenvalue weighted by molar-refractivity contribution is 7.89. The molecule has 0 radical (unpaired) electrons. The fourth-order valence-corrected chi connectivity index (χ4v) is 7.15. The Labute approximate surface area is 208 Å². The lowest BCUT2D eigenvalue weighted by Crippen LogP contribution is -2.53. The van der Waals surface area contributed by atoms with Crippen molar-refractivity contribution in [3.8, 4) is 0 Å². The maximum absolute atomic E-state index is 13.2. The van der Waals surface area contributed by atoms with E-state index in [0.29, 0.717) is 37.6 Å². The fourth-order valence-electron chi connectivity index (χ4n) is 5.68. The number of aliphatic hydroxyl groups is 1. The van der Waals surface area contributed by atoms with E-state index in [0.717, 1.165) is 56.3 Å². The van der Waals surface area contributed by atoms with Gasteiger partial charge in [0.25, 0.3) is 0 Å². The second-order valence-electron chi connectivity index (χ2n) is 10.0. The number of amides is 1. The zero-order valence-electron chi connectivity index (χ0n) is 20.2. The molecule has 5 rings (SSSR count). The summed E-state index contributed by atoms with van der Waals surface area (Å²) in [5.41, 5.74) is 3.37. The average Bonchev–Trinajstić information content (AvgIpc) is 3.37. The van der Waals surface area contributed by atoms with Crippen LogP contribution >= 0.6 is 0 Å². The van der Waals surface area contributed by atoms with Gasteiger partial charge in [-0.2, -0.15) is 4.31 Å². The van der Waals surface area contributed by atoms with Crippen LogP contribution in [0, 0.1) is 5.92 Å². The summed E-state index contributed by atoms with van der Waals surface area (Å²) in [5.74, 6) is 0.262. The Morgan fingerprint density at radius 2 is 1.60 bits per heavy atom. The van der Waals surface area contributed by atoms with Crippen LogP contribution in [0.15, 0.2) is 53.4 Å². The van der Waals surface area contributed by atoms with Crippen LogP contribution in [0.3, 0.4) is 0 Å². The molecule has 7 nitrogen and oxygen atoms in total. The number of sulfonamides is 1. The number of hydrogen-bond donors (Lipinski definition) is 1. The molecule has 1 amide bonds. The number of nitrogens with zero attached hydrogens (tertiary/aromatic N) is 3. The van der Waals surface area contributed by atoms with Gasteiger partial charge in [0.1, 0.15) is 0 Å². The number of piperidine rings is 1. The Bertz CT molecular complexity index is 1140. The molecule has 2 saturated heterocycles. The summed E-state index contributed by atoms with van der Waals surface area (Å²) in [6, 6.07) is 15.3. The van der Waals surface area contributed by atoms with E-state index >= 15 is 0 Å². The Hall–Kier alpha value is -2.26. The van der Waals surface area contributed by atoms with Gasteiger partial charge in [0.05, 0.1) is 17.5 Å². The van der Waals surface area contributed by atoms with Crippen molar-refractivity contribution in [3.05, 3.63) is 65.2 Å². The van der Waals surface area contributed by atoms with Gasteiger partial charge in [0, 0.05) is 26.2 Å². The molecule has 2 heterocycles. The zero-order chi connectivity index (χ0) is 24.4. The third-order valence-corrected chi connectivity index (χ3v) is 9.77. The third kappa shape index (κ3) is 5.31. The van der Waals surface area contributed by atoms with Gasteiger partial charge in [0.2, 0.25) is 15.9 Å². The highest BCUT2D eigenvalue weighted by atomic mass is 32.2. The topological polar surface area (TPSA) is 81.2 Å². The number of carbonyl (C=O) groups is 1. The number of carbonyl (C=O) groups excluding carboxylic acids is 1. The molecule has 2 fully saturated rings. The van der Waals surface area contributed by atoms with E-state index < -0.39 is 16.1 Å². The summed E-state index contributed by atoms with van der Waals surface area (Å²) in [6.45, 7) is 3.43. The second-order valence-corrected chi connectivity index (χ2v) is 12.0. The predicted molar refractivity (Wildman–Crippen MR) is 134 cm³/mol. The van der Waals surface area contributed by atoms with Gasteiger partial charge in [-0.3, -0.25) is 9.69 Å². The molecular formula is C27H35N3O4S. The van der Waals surface area contributed by atoms with E-state index in [2.05, 4.69) is 4.90 Å². The number of piperazine rings is 1. The summed E-state index contributed by atoms with van der Waals surface area (Å²) < 4.78 is 27.8. The Kier molecular flexibility index (Phi) is 7.25. The molecule has 1 aliphatic carbocycles. The number of fused-ring (bicyclic) bond motifs is 1. The van der Waals surface area contributed by atoms with Crippen LogP contribution < -0.4 is 0 Å². The summed E-state index contributed by atoms with van der Waals surface area (Å²) in [4.78, 5) is 17.2. The molecule has 1 atom stereocenters. The van der Waals surface area contributed by atoms with Gasteiger partial charge >= 0.3 is 0 Å². The van der Waals surface area contributed by atoms with E-state index in [1.165, 1.54) is 9.87 Å². The highest BCUT2D eigenvalue weighted by Crippen LogP contribution is 2.31. The molecule has 2 aromatic rings. The van der Waals surface area contributed by atoms with Crippen LogP contribution in [0.25, 0.3) is 0 Å². The molecule has 3 aliphatic rings. The zero-order valence-corrected chi connectivity index (χ0v) is 21.0. The molecule has 2 aromatic carbocycles. The third-order valence-electron chi connectivity index (χ3n) is 7.88. The normalized spacial score (nSPS) is 21.1. The molecule has 8 heteroatoms. The van der Waals surface area contributed by atoms with Crippen LogP contribution in [0.5, 0.6) is 0 Å². The van der Waals surface area contributed by atoms with Crippen molar-refractivity contribution in [3.63, 3.8) is 0 Å². The molecule has 0 bridgehead atoms. The average molecular weight is 498 g/mol. The first-order valence-electron chi connectivity index (χ1n) is 12.8. The van der Waals surface area contributed by atoms with Crippen LogP contribution in [0.1, 0.15) is 42.1 Å². The molecular weight excluding hydrogens is 462 g/mol. The molecule has 1 unspecified atom stereocenters. The summed E-state index contributed by atoms with van der Waals surface area (Å²) in [6.07, 6.45) is 4.32. The molecule has 0 aromatic heterocycles. The molecule has 35 heavy (non-hydrogen) atoms.